The van der Waals surface area contributed by atoms with Crippen LogP contribution < -0.4 is 4.74 Å². The van der Waals surface area contributed by atoms with Crippen molar-refractivity contribution in [2.45, 2.75) is 11.8 Å². The van der Waals surface area contributed by atoms with Crippen molar-refractivity contribution in [3.8, 4) is 17.1 Å². The zero-order valence-electron chi connectivity index (χ0n) is 11.6. The minimum atomic E-state index is -3.53. The minimum Gasteiger partial charge on any atom is -0.496 e. The molecule has 0 bridgehead atoms. The molecular weight excluding hydrogens is 298 g/mol. The summed E-state index contributed by atoms with van der Waals surface area (Å²) in [5.74, 6) is -0.748. The molecule has 8 heteroatoms. The van der Waals surface area contributed by atoms with Crippen LogP contribution in [-0.2, 0) is 9.84 Å². The van der Waals surface area contributed by atoms with Crippen LogP contribution in [0.4, 0.5) is 0 Å². The van der Waals surface area contributed by atoms with Crippen LogP contribution in [0.1, 0.15) is 16.1 Å². The largest absolute Gasteiger partial charge is 0.496 e. The van der Waals surface area contributed by atoms with Gasteiger partial charge in [-0.25, -0.2) is 13.2 Å². The van der Waals surface area contributed by atoms with Gasteiger partial charge in [0.25, 0.3) is 0 Å². The first-order chi connectivity index (χ1) is 9.74. The fourth-order valence-electron chi connectivity index (χ4n) is 1.88. The Morgan fingerprint density at radius 2 is 2.00 bits per heavy atom. The predicted molar refractivity (Wildman–Crippen MR) is 73.3 cm³/mol. The highest BCUT2D eigenvalue weighted by atomic mass is 32.2. The zero-order valence-corrected chi connectivity index (χ0v) is 12.4. The molecule has 1 aromatic heterocycles. The van der Waals surface area contributed by atoms with Gasteiger partial charge in [-0.1, -0.05) is 5.16 Å². The maximum atomic E-state index is 11.9. The number of hydrogen-bond donors (Lipinski definition) is 1. The second-order valence-electron chi connectivity index (χ2n) is 4.47. The van der Waals surface area contributed by atoms with Crippen LogP contribution >= 0.6 is 0 Å². The molecule has 0 amide bonds. The standard InChI is InChI=1S/C13H13NO6S/c1-7-4-12(21(3,17)18)8(5-10(7)19-2)11-6-9(13(15)16)14-20-11/h4-6H,1-3H3,(H,15,16). The smallest absolute Gasteiger partial charge is 0.358 e. The number of sulfone groups is 1. The van der Waals surface area contributed by atoms with Gasteiger partial charge in [-0.15, -0.1) is 0 Å². The van der Waals surface area contributed by atoms with Crippen LogP contribution in [0.2, 0.25) is 0 Å². The summed E-state index contributed by atoms with van der Waals surface area (Å²) in [7, 11) is -2.08. The molecule has 1 aromatic carbocycles. The molecule has 0 aliphatic heterocycles. The normalized spacial score (nSPS) is 11.4. The lowest BCUT2D eigenvalue weighted by Gasteiger charge is -2.10. The van der Waals surface area contributed by atoms with Gasteiger partial charge < -0.3 is 14.4 Å². The summed E-state index contributed by atoms with van der Waals surface area (Å²) in [5, 5.41) is 12.2. The van der Waals surface area contributed by atoms with E-state index in [2.05, 4.69) is 5.16 Å². The summed E-state index contributed by atoms with van der Waals surface area (Å²) in [4.78, 5) is 10.9. The highest BCUT2D eigenvalue weighted by molar-refractivity contribution is 7.90. The molecule has 0 unspecified atom stereocenters. The highest BCUT2D eigenvalue weighted by Gasteiger charge is 2.22. The second kappa shape index (κ2) is 5.21. The molecule has 112 valence electrons. The van der Waals surface area contributed by atoms with Gasteiger partial charge in [0, 0.05) is 17.9 Å². The molecule has 21 heavy (non-hydrogen) atoms. The van der Waals surface area contributed by atoms with Crippen LogP contribution in [0.15, 0.2) is 27.6 Å². The molecule has 0 atom stereocenters. The summed E-state index contributed by atoms with van der Waals surface area (Å²) in [6.07, 6.45) is 1.06. The van der Waals surface area contributed by atoms with Crippen molar-refractivity contribution in [1.29, 1.82) is 0 Å². The van der Waals surface area contributed by atoms with E-state index in [4.69, 9.17) is 14.4 Å². The van der Waals surface area contributed by atoms with E-state index in [1.54, 1.807) is 6.92 Å². The van der Waals surface area contributed by atoms with E-state index in [1.807, 2.05) is 0 Å². The Labute approximate surface area is 121 Å². The summed E-state index contributed by atoms with van der Waals surface area (Å²) in [6, 6.07) is 4.10. The van der Waals surface area contributed by atoms with Crippen molar-refractivity contribution in [1.82, 2.24) is 5.16 Å². The van der Waals surface area contributed by atoms with Gasteiger partial charge in [-0.05, 0) is 24.6 Å². The van der Waals surface area contributed by atoms with E-state index in [0.717, 1.165) is 6.26 Å². The monoisotopic (exact) mass is 311 g/mol. The molecule has 0 fully saturated rings. The molecule has 1 heterocycles. The van der Waals surface area contributed by atoms with Crippen LogP contribution in [-0.4, -0.2) is 38.0 Å². The number of carboxylic acid groups (broad SMARTS) is 1. The van der Waals surface area contributed by atoms with E-state index in [0.29, 0.717) is 11.3 Å². The molecule has 7 nitrogen and oxygen atoms in total. The molecule has 2 aromatic rings. The maximum absolute atomic E-state index is 11.9. The number of ether oxygens (including phenoxy) is 1. The van der Waals surface area contributed by atoms with Crippen molar-refractivity contribution in [2.24, 2.45) is 0 Å². The lowest BCUT2D eigenvalue weighted by molar-refractivity contribution is 0.0686. The van der Waals surface area contributed by atoms with Crippen molar-refractivity contribution in [3.05, 3.63) is 29.5 Å². The SMILES string of the molecule is COc1cc(-c2cc(C(=O)O)no2)c(S(C)(=O)=O)cc1C. The number of nitrogens with zero attached hydrogens (tertiary/aromatic N) is 1. The minimum absolute atomic E-state index is 0.0221. The average molecular weight is 311 g/mol. The Morgan fingerprint density at radius 1 is 1.33 bits per heavy atom. The van der Waals surface area contributed by atoms with Crippen molar-refractivity contribution in [3.63, 3.8) is 0 Å². The van der Waals surface area contributed by atoms with E-state index in [9.17, 15) is 13.2 Å². The van der Waals surface area contributed by atoms with Crippen molar-refractivity contribution in [2.75, 3.05) is 13.4 Å². The fraction of sp³-hybridized carbons (Fsp3) is 0.231. The molecule has 0 radical (unpaired) electrons. The predicted octanol–water partition coefficient (Wildman–Crippen LogP) is 1.76. The van der Waals surface area contributed by atoms with E-state index in [-0.39, 0.29) is 21.9 Å². The summed E-state index contributed by atoms with van der Waals surface area (Å²) in [6.45, 7) is 1.71. The third kappa shape index (κ3) is 2.89. The topological polar surface area (TPSA) is 107 Å². The number of aryl methyl sites for hydroxylation is 1. The number of hydrogen-bond acceptors (Lipinski definition) is 6. The molecule has 1 N–H and O–H groups in total. The molecule has 0 aliphatic carbocycles. The molecule has 0 saturated heterocycles. The molecule has 2 rings (SSSR count). The number of aromatic nitrogens is 1. The highest BCUT2D eigenvalue weighted by Crippen LogP contribution is 2.34. The quantitative estimate of drug-likeness (QED) is 0.916. The van der Waals surface area contributed by atoms with Gasteiger partial charge >= 0.3 is 5.97 Å². The Morgan fingerprint density at radius 3 is 2.48 bits per heavy atom. The van der Waals surface area contributed by atoms with Gasteiger partial charge in [0.15, 0.2) is 21.3 Å². The number of benzene rings is 1. The lowest BCUT2D eigenvalue weighted by atomic mass is 10.1. The van der Waals surface area contributed by atoms with Gasteiger partial charge in [0.2, 0.25) is 0 Å². The van der Waals surface area contributed by atoms with E-state index < -0.39 is 15.8 Å². The number of aromatic carboxylic acids is 1. The van der Waals surface area contributed by atoms with Gasteiger partial charge in [0.05, 0.1) is 12.0 Å². The zero-order chi connectivity index (χ0) is 15.8. The Hall–Kier alpha value is -2.35. The van der Waals surface area contributed by atoms with Crippen LogP contribution in [0, 0.1) is 6.92 Å². The van der Waals surface area contributed by atoms with Crippen molar-refractivity contribution >= 4 is 15.8 Å². The van der Waals surface area contributed by atoms with Crippen molar-refractivity contribution < 1.29 is 27.6 Å². The average Bonchev–Trinajstić information content (AvgIpc) is 2.87. The summed E-state index contributed by atoms with van der Waals surface area (Å²) >= 11 is 0. The number of rotatable bonds is 4. The first-order valence-corrected chi connectivity index (χ1v) is 7.72. The van der Waals surface area contributed by atoms with Crippen LogP contribution in [0.3, 0.4) is 0 Å². The molecule has 0 saturated carbocycles. The van der Waals surface area contributed by atoms with Gasteiger partial charge in [-0.3, -0.25) is 0 Å². The van der Waals surface area contributed by atoms with Crippen LogP contribution in [0.25, 0.3) is 11.3 Å². The number of carboxylic acids is 1. The lowest BCUT2D eigenvalue weighted by Crippen LogP contribution is -2.02. The Kier molecular flexibility index (Phi) is 3.73. The Balaban J connectivity index is 2.73. The number of methoxy groups -OCH3 is 1. The molecule has 0 spiro atoms. The van der Waals surface area contributed by atoms with Gasteiger partial charge in [-0.2, -0.15) is 0 Å². The molecular formula is C13H13NO6S. The summed E-state index contributed by atoms with van der Waals surface area (Å²) < 4.78 is 33.9. The first kappa shape index (κ1) is 15.0. The third-order valence-electron chi connectivity index (χ3n) is 2.89. The van der Waals surface area contributed by atoms with Gasteiger partial charge in [0.1, 0.15) is 5.75 Å². The number of carbonyl (C=O) groups is 1. The Bertz CT molecular complexity index is 806. The summed E-state index contributed by atoms with van der Waals surface area (Å²) in [5.41, 5.74) is 0.545. The van der Waals surface area contributed by atoms with E-state index >= 15 is 0 Å². The molecule has 0 aliphatic rings. The fourth-order valence-corrected chi connectivity index (χ4v) is 2.83. The third-order valence-corrected chi connectivity index (χ3v) is 4.03. The second-order valence-corrected chi connectivity index (χ2v) is 6.46. The van der Waals surface area contributed by atoms with E-state index in [1.165, 1.54) is 25.3 Å². The first-order valence-electron chi connectivity index (χ1n) is 5.83. The van der Waals surface area contributed by atoms with Crippen LogP contribution in [0.5, 0.6) is 5.75 Å². The maximum Gasteiger partial charge on any atom is 0.358 e.